The number of fused-ring (bicyclic) bond motifs is 3. The molecule has 5 aromatic carbocycles. The maximum absolute atomic E-state index is 5.82. The predicted octanol–water partition coefficient (Wildman–Crippen LogP) is 12.7. The summed E-state index contributed by atoms with van der Waals surface area (Å²) in [5.74, 6) is 15.6. The molecule has 6 rings (SSSR count). The first kappa shape index (κ1) is 41.3. The number of para-hydroxylation sites is 1. The van der Waals surface area contributed by atoms with Gasteiger partial charge < -0.3 is 20.1 Å². The molecule has 0 aliphatic heterocycles. The van der Waals surface area contributed by atoms with Crippen LogP contribution < -0.4 is 15.4 Å². The van der Waals surface area contributed by atoms with Gasteiger partial charge in [0.15, 0.2) is 0 Å². The Labute approximate surface area is 347 Å². The summed E-state index contributed by atoms with van der Waals surface area (Å²) in [6, 6.07) is 40.3. The average Bonchev–Trinajstić information content (AvgIpc) is 3.53. The predicted molar refractivity (Wildman–Crippen MR) is 245 cm³/mol. The largest absolute Gasteiger partial charge is 0.492 e. The van der Waals surface area contributed by atoms with Crippen molar-refractivity contribution in [2.24, 2.45) is 0 Å². The Balaban J connectivity index is 1.15. The van der Waals surface area contributed by atoms with Crippen molar-refractivity contribution >= 4 is 11.4 Å². The normalized spacial score (nSPS) is 12.4. The molecule has 0 atom stereocenters. The van der Waals surface area contributed by atoms with E-state index in [-0.39, 0.29) is 5.41 Å². The Kier molecular flexibility index (Phi) is 15.1. The fraction of sp³-hybridized carbons (Fsp3) is 0.259. The van der Waals surface area contributed by atoms with Gasteiger partial charge in [0.25, 0.3) is 0 Å². The molecule has 0 bridgehead atoms. The summed E-state index contributed by atoms with van der Waals surface area (Å²) in [7, 11) is 0. The van der Waals surface area contributed by atoms with Crippen molar-refractivity contribution in [3.8, 4) is 40.6 Å². The van der Waals surface area contributed by atoms with Gasteiger partial charge in [0.2, 0.25) is 0 Å². The number of unbranched alkanes of at least 4 members (excludes halogenated alkanes) is 2. The summed E-state index contributed by atoms with van der Waals surface area (Å²) in [6.45, 7) is 12.9. The SMILES string of the molecule is C=C/C=C\C(=C/C)OCCNc1ccc(C#Cc2ccc3c(c2)C(CCCC)(CCCC)c2cc(C#Cc4ccc(NCCOc5ccccc5)cc4)ccc2-3)cc1. The standard InChI is InChI=1S/C54H56N2O2/c1-5-9-15-48(8-4)57-38-36-55-46-28-22-42(23-29-46)18-20-44-26-32-50-51-33-27-45(41-53(51)54(34-10-6-2,35-11-7-3)52(50)40-44)21-19-43-24-30-47(31-25-43)56-37-39-58-49-16-13-12-14-17-49/h5,8-9,12-17,22-33,40-41,55-56H,1,6-7,10-11,34-39H2,2-4H3/b15-9-,48-8+. The lowest BCUT2D eigenvalue weighted by atomic mass is 9.70. The molecule has 0 heterocycles. The van der Waals surface area contributed by atoms with Crippen molar-refractivity contribution < 1.29 is 9.47 Å². The lowest BCUT2D eigenvalue weighted by molar-refractivity contribution is 0.236. The van der Waals surface area contributed by atoms with Gasteiger partial charge in [0.05, 0.1) is 0 Å². The lowest BCUT2D eigenvalue weighted by Gasteiger charge is -2.33. The molecule has 294 valence electrons. The Morgan fingerprint density at radius 3 is 1.64 bits per heavy atom. The van der Waals surface area contributed by atoms with Crippen LogP contribution in [0.3, 0.4) is 0 Å². The van der Waals surface area contributed by atoms with E-state index in [1.807, 2.05) is 55.5 Å². The second-order valence-electron chi connectivity index (χ2n) is 14.6. The van der Waals surface area contributed by atoms with Crippen LogP contribution in [-0.4, -0.2) is 26.3 Å². The van der Waals surface area contributed by atoms with E-state index in [2.05, 4.69) is 140 Å². The van der Waals surface area contributed by atoms with Crippen molar-refractivity contribution in [3.05, 3.63) is 185 Å². The van der Waals surface area contributed by atoms with Gasteiger partial charge in [-0.1, -0.05) is 112 Å². The van der Waals surface area contributed by atoms with E-state index in [1.54, 1.807) is 6.08 Å². The highest BCUT2D eigenvalue weighted by Gasteiger charge is 2.42. The number of anilines is 2. The summed E-state index contributed by atoms with van der Waals surface area (Å²) in [5.41, 5.74) is 11.6. The van der Waals surface area contributed by atoms with E-state index in [0.29, 0.717) is 19.8 Å². The van der Waals surface area contributed by atoms with Gasteiger partial charge in [0.1, 0.15) is 24.7 Å². The number of allylic oxidation sites excluding steroid dienone is 4. The molecule has 0 saturated carbocycles. The van der Waals surface area contributed by atoms with E-state index in [9.17, 15) is 0 Å². The highest BCUT2D eigenvalue weighted by molar-refractivity contribution is 5.82. The molecule has 0 fully saturated rings. The zero-order chi connectivity index (χ0) is 40.4. The minimum absolute atomic E-state index is 0.0593. The van der Waals surface area contributed by atoms with E-state index in [0.717, 1.165) is 77.4 Å². The van der Waals surface area contributed by atoms with Crippen molar-refractivity contribution in [3.63, 3.8) is 0 Å². The topological polar surface area (TPSA) is 42.5 Å². The van der Waals surface area contributed by atoms with Gasteiger partial charge in [-0.25, -0.2) is 0 Å². The minimum Gasteiger partial charge on any atom is -0.492 e. The second kappa shape index (κ2) is 21.2. The molecule has 1 aliphatic rings. The fourth-order valence-corrected chi connectivity index (χ4v) is 7.54. The molecule has 4 nitrogen and oxygen atoms in total. The fourth-order valence-electron chi connectivity index (χ4n) is 7.54. The first-order chi connectivity index (χ1) is 28.5. The van der Waals surface area contributed by atoms with Crippen LogP contribution in [0.25, 0.3) is 11.1 Å². The third-order valence-corrected chi connectivity index (χ3v) is 10.6. The maximum Gasteiger partial charge on any atom is 0.119 e. The zero-order valence-electron chi connectivity index (χ0n) is 34.4. The van der Waals surface area contributed by atoms with Crippen molar-refractivity contribution in [2.75, 3.05) is 36.9 Å². The number of hydrogen-bond donors (Lipinski definition) is 2. The monoisotopic (exact) mass is 764 g/mol. The highest BCUT2D eigenvalue weighted by atomic mass is 16.5. The summed E-state index contributed by atoms with van der Waals surface area (Å²) < 4.78 is 11.6. The van der Waals surface area contributed by atoms with Crippen LogP contribution >= 0.6 is 0 Å². The van der Waals surface area contributed by atoms with E-state index < -0.39 is 0 Å². The lowest BCUT2D eigenvalue weighted by Crippen LogP contribution is -2.25. The molecule has 0 radical (unpaired) electrons. The Bertz CT molecular complexity index is 2290. The van der Waals surface area contributed by atoms with Gasteiger partial charge in [-0.3, -0.25) is 0 Å². The van der Waals surface area contributed by atoms with Crippen LogP contribution in [0.1, 0.15) is 92.7 Å². The van der Waals surface area contributed by atoms with Crippen LogP contribution in [0, 0.1) is 23.7 Å². The molecule has 5 aromatic rings. The Hall–Kier alpha value is -6.36. The van der Waals surface area contributed by atoms with Crippen LogP contribution in [0.2, 0.25) is 0 Å². The molecule has 1 aliphatic carbocycles. The van der Waals surface area contributed by atoms with Crippen molar-refractivity contribution in [1.29, 1.82) is 0 Å². The van der Waals surface area contributed by atoms with E-state index >= 15 is 0 Å². The average molecular weight is 765 g/mol. The number of ether oxygens (including phenoxy) is 2. The number of benzene rings is 5. The minimum atomic E-state index is -0.0593. The second-order valence-corrected chi connectivity index (χ2v) is 14.6. The third kappa shape index (κ3) is 10.9. The van der Waals surface area contributed by atoms with Crippen LogP contribution in [0.4, 0.5) is 11.4 Å². The van der Waals surface area contributed by atoms with Gasteiger partial charge in [-0.05, 0) is 139 Å². The number of hydrogen-bond acceptors (Lipinski definition) is 4. The molecule has 2 N–H and O–H groups in total. The van der Waals surface area contributed by atoms with Crippen LogP contribution in [0.15, 0.2) is 152 Å². The summed E-state index contributed by atoms with van der Waals surface area (Å²) in [5, 5.41) is 6.88. The molecule has 0 amide bonds. The van der Waals surface area contributed by atoms with Gasteiger partial charge in [-0.15, -0.1) is 0 Å². The molecule has 0 spiro atoms. The summed E-state index contributed by atoms with van der Waals surface area (Å²) in [4.78, 5) is 0. The van der Waals surface area contributed by atoms with Crippen molar-refractivity contribution in [2.45, 2.75) is 64.7 Å². The Morgan fingerprint density at radius 1 is 0.638 bits per heavy atom. The summed E-state index contributed by atoms with van der Waals surface area (Å²) in [6.07, 6.45) is 14.4. The molecule has 58 heavy (non-hydrogen) atoms. The first-order valence-electron chi connectivity index (χ1n) is 20.8. The molecule has 0 saturated heterocycles. The smallest absolute Gasteiger partial charge is 0.119 e. The van der Waals surface area contributed by atoms with Crippen LogP contribution in [0.5, 0.6) is 5.75 Å². The molecular formula is C54H56N2O2. The molecule has 0 unspecified atom stereocenters. The van der Waals surface area contributed by atoms with Gasteiger partial charge >= 0.3 is 0 Å². The third-order valence-electron chi connectivity index (χ3n) is 10.6. The maximum atomic E-state index is 5.82. The Morgan fingerprint density at radius 2 is 1.14 bits per heavy atom. The summed E-state index contributed by atoms with van der Waals surface area (Å²) >= 11 is 0. The molecule has 0 aromatic heterocycles. The molecule has 4 heteroatoms. The molecular weight excluding hydrogens is 709 g/mol. The van der Waals surface area contributed by atoms with Crippen LogP contribution in [-0.2, 0) is 10.2 Å². The first-order valence-corrected chi connectivity index (χ1v) is 20.8. The van der Waals surface area contributed by atoms with E-state index in [1.165, 1.54) is 35.1 Å². The quantitative estimate of drug-likeness (QED) is 0.0404. The van der Waals surface area contributed by atoms with E-state index in [4.69, 9.17) is 9.47 Å². The zero-order valence-corrected chi connectivity index (χ0v) is 34.4. The number of rotatable bonds is 18. The van der Waals surface area contributed by atoms with Gasteiger partial charge in [0, 0.05) is 52.1 Å². The van der Waals surface area contributed by atoms with Gasteiger partial charge in [-0.2, -0.15) is 0 Å². The number of nitrogens with one attached hydrogen (secondary N) is 2. The highest BCUT2D eigenvalue weighted by Crippen LogP contribution is 2.54. The van der Waals surface area contributed by atoms with Crippen molar-refractivity contribution in [1.82, 2.24) is 0 Å².